The number of H-pyrrole nitrogens is 1. The third-order valence-electron chi connectivity index (χ3n) is 3.53. The summed E-state index contributed by atoms with van der Waals surface area (Å²) in [5.41, 5.74) is 0.871. The summed E-state index contributed by atoms with van der Waals surface area (Å²) in [6.45, 7) is 4.27. The Bertz CT molecular complexity index is 719. The van der Waals surface area contributed by atoms with Gasteiger partial charge in [0.05, 0.1) is 13.3 Å². The van der Waals surface area contributed by atoms with E-state index in [1.165, 1.54) is 0 Å². The summed E-state index contributed by atoms with van der Waals surface area (Å²) in [6, 6.07) is 5.76. The van der Waals surface area contributed by atoms with Gasteiger partial charge in [0.2, 0.25) is 4.77 Å². The minimum absolute atomic E-state index is 0.328. The van der Waals surface area contributed by atoms with Crippen molar-refractivity contribution in [3.8, 4) is 5.75 Å². The molecular formula is C15H19BrN4OS. The Labute approximate surface area is 143 Å². The number of aromatic nitrogens is 3. The molecule has 0 aliphatic carbocycles. The number of benzene rings is 1. The number of hydrogen-bond acceptors (Lipinski definition) is 4. The molecule has 0 saturated carbocycles. The Morgan fingerprint density at radius 3 is 2.82 bits per heavy atom. The molecule has 0 atom stereocenters. The highest BCUT2D eigenvalue weighted by atomic mass is 79.9. The average molecular weight is 383 g/mol. The number of aromatic amines is 1. The minimum Gasteiger partial charge on any atom is -0.496 e. The zero-order valence-electron chi connectivity index (χ0n) is 12.8. The smallest absolute Gasteiger partial charge is 0.216 e. The van der Waals surface area contributed by atoms with Crippen LogP contribution in [0, 0.1) is 4.77 Å². The first kappa shape index (κ1) is 16.9. The van der Waals surface area contributed by atoms with Crippen molar-refractivity contribution in [2.75, 3.05) is 7.11 Å². The number of rotatable bonds is 6. The van der Waals surface area contributed by atoms with Gasteiger partial charge in [-0.25, -0.2) is 0 Å². The van der Waals surface area contributed by atoms with Gasteiger partial charge in [0.15, 0.2) is 5.82 Å². The van der Waals surface area contributed by atoms with Crippen LogP contribution in [0.25, 0.3) is 0 Å². The predicted molar refractivity (Wildman–Crippen MR) is 94.4 cm³/mol. The zero-order chi connectivity index (χ0) is 16.1. The Kier molecular flexibility index (Phi) is 5.90. The molecule has 1 aromatic carbocycles. The largest absolute Gasteiger partial charge is 0.496 e. The minimum atomic E-state index is 0.328. The summed E-state index contributed by atoms with van der Waals surface area (Å²) < 4.78 is 8.49. The molecule has 1 aromatic heterocycles. The van der Waals surface area contributed by atoms with Crippen molar-refractivity contribution in [2.45, 2.75) is 32.6 Å². The maximum atomic E-state index is 5.35. The first-order valence-corrected chi connectivity index (χ1v) is 8.36. The second kappa shape index (κ2) is 7.69. The molecule has 1 heterocycles. The van der Waals surface area contributed by atoms with Gasteiger partial charge in [0.1, 0.15) is 5.75 Å². The summed E-state index contributed by atoms with van der Waals surface area (Å²) in [6.07, 6.45) is 3.72. The van der Waals surface area contributed by atoms with E-state index < -0.39 is 0 Å². The van der Waals surface area contributed by atoms with Gasteiger partial charge >= 0.3 is 0 Å². The van der Waals surface area contributed by atoms with E-state index in [-0.39, 0.29) is 0 Å². The van der Waals surface area contributed by atoms with Gasteiger partial charge in [0, 0.05) is 16.0 Å². The second-order valence-electron chi connectivity index (χ2n) is 4.84. The van der Waals surface area contributed by atoms with Crippen LogP contribution < -0.4 is 4.74 Å². The first-order valence-electron chi connectivity index (χ1n) is 7.15. The molecule has 0 fully saturated rings. The summed E-state index contributed by atoms with van der Waals surface area (Å²) in [5, 5.41) is 11.6. The fraction of sp³-hybridized carbons (Fsp3) is 0.400. The van der Waals surface area contributed by atoms with E-state index >= 15 is 0 Å². The van der Waals surface area contributed by atoms with Crippen LogP contribution in [0.5, 0.6) is 5.75 Å². The fourth-order valence-electron chi connectivity index (χ4n) is 2.26. The van der Waals surface area contributed by atoms with E-state index in [0.29, 0.717) is 10.7 Å². The van der Waals surface area contributed by atoms with Crippen molar-refractivity contribution in [1.29, 1.82) is 0 Å². The number of nitrogens with one attached hydrogen (secondary N) is 1. The maximum Gasteiger partial charge on any atom is 0.216 e. The fourth-order valence-corrected chi connectivity index (χ4v) is 2.82. The maximum absolute atomic E-state index is 5.35. The van der Waals surface area contributed by atoms with Gasteiger partial charge in [-0.3, -0.25) is 5.10 Å². The van der Waals surface area contributed by atoms with Gasteiger partial charge in [-0.1, -0.05) is 29.8 Å². The Morgan fingerprint density at radius 2 is 2.18 bits per heavy atom. The van der Waals surface area contributed by atoms with Crippen LogP contribution in [0.3, 0.4) is 0 Å². The molecule has 5 nitrogen and oxygen atoms in total. The van der Waals surface area contributed by atoms with Crippen molar-refractivity contribution >= 4 is 34.4 Å². The zero-order valence-corrected chi connectivity index (χ0v) is 15.2. The Hall–Kier alpha value is -1.47. The van der Waals surface area contributed by atoms with Gasteiger partial charge in [-0.05, 0) is 43.3 Å². The third kappa shape index (κ3) is 3.64. The van der Waals surface area contributed by atoms with Gasteiger partial charge in [0.25, 0.3) is 0 Å². The number of halogens is 1. The van der Waals surface area contributed by atoms with Crippen LogP contribution >= 0.6 is 28.1 Å². The monoisotopic (exact) mass is 382 g/mol. The van der Waals surface area contributed by atoms with Gasteiger partial charge < -0.3 is 4.74 Å². The SMILES string of the molecule is CCC(CC)c1n[nH]c(=S)n1/N=C\c1cc(Br)ccc1OC. The number of hydrogen-bond donors (Lipinski definition) is 1. The molecule has 0 spiro atoms. The van der Waals surface area contributed by atoms with E-state index in [2.05, 4.69) is 45.1 Å². The number of nitrogens with zero attached hydrogens (tertiary/aromatic N) is 3. The Morgan fingerprint density at radius 1 is 1.45 bits per heavy atom. The lowest BCUT2D eigenvalue weighted by molar-refractivity contribution is 0.414. The first-order chi connectivity index (χ1) is 10.6. The molecule has 2 rings (SSSR count). The molecule has 0 amide bonds. The van der Waals surface area contributed by atoms with Crippen LogP contribution in [0.15, 0.2) is 27.8 Å². The summed E-state index contributed by atoms with van der Waals surface area (Å²) in [5.74, 6) is 1.95. The summed E-state index contributed by atoms with van der Waals surface area (Å²) >= 11 is 8.74. The van der Waals surface area contributed by atoms with Crippen molar-refractivity contribution in [1.82, 2.24) is 14.9 Å². The molecule has 0 radical (unpaired) electrons. The number of methoxy groups -OCH3 is 1. The normalized spacial score (nSPS) is 11.5. The summed E-state index contributed by atoms with van der Waals surface area (Å²) in [7, 11) is 1.64. The average Bonchev–Trinajstić information content (AvgIpc) is 2.88. The third-order valence-corrected chi connectivity index (χ3v) is 4.29. The van der Waals surface area contributed by atoms with E-state index in [1.54, 1.807) is 18.0 Å². The van der Waals surface area contributed by atoms with Crippen molar-refractivity contribution < 1.29 is 4.74 Å². The Balaban J connectivity index is 2.41. The lowest BCUT2D eigenvalue weighted by Crippen LogP contribution is -2.05. The quantitative estimate of drug-likeness (QED) is 0.590. The molecule has 22 heavy (non-hydrogen) atoms. The standard InChI is InChI=1S/C15H19BrN4OS/c1-4-10(5-2)14-18-19-15(22)20(14)17-9-11-8-12(16)6-7-13(11)21-3/h6-10H,4-5H2,1-3H3,(H,19,22)/b17-9-. The molecule has 0 unspecified atom stereocenters. The van der Waals surface area contributed by atoms with Crippen LogP contribution in [-0.4, -0.2) is 28.2 Å². The molecular weight excluding hydrogens is 364 g/mol. The van der Waals surface area contributed by atoms with E-state index in [0.717, 1.165) is 34.5 Å². The van der Waals surface area contributed by atoms with Crippen LogP contribution in [-0.2, 0) is 0 Å². The molecule has 0 bridgehead atoms. The van der Waals surface area contributed by atoms with E-state index in [9.17, 15) is 0 Å². The van der Waals surface area contributed by atoms with Crippen molar-refractivity contribution in [3.63, 3.8) is 0 Å². The van der Waals surface area contributed by atoms with Gasteiger partial charge in [-0.15, -0.1) is 0 Å². The lowest BCUT2D eigenvalue weighted by atomic mass is 10.0. The topological polar surface area (TPSA) is 55.2 Å². The van der Waals surface area contributed by atoms with Crippen molar-refractivity contribution in [3.05, 3.63) is 38.8 Å². The van der Waals surface area contributed by atoms with E-state index in [1.807, 2.05) is 18.2 Å². The highest BCUT2D eigenvalue weighted by Crippen LogP contribution is 2.23. The van der Waals surface area contributed by atoms with Gasteiger partial charge in [-0.2, -0.15) is 14.9 Å². The van der Waals surface area contributed by atoms with Crippen LogP contribution in [0.4, 0.5) is 0 Å². The molecule has 118 valence electrons. The number of ether oxygens (including phenoxy) is 1. The molecule has 1 N–H and O–H groups in total. The highest BCUT2D eigenvalue weighted by molar-refractivity contribution is 9.10. The summed E-state index contributed by atoms with van der Waals surface area (Å²) in [4.78, 5) is 0. The highest BCUT2D eigenvalue weighted by Gasteiger charge is 2.15. The van der Waals surface area contributed by atoms with E-state index in [4.69, 9.17) is 17.0 Å². The molecule has 0 aliphatic rings. The molecule has 2 aromatic rings. The molecule has 0 aliphatic heterocycles. The van der Waals surface area contributed by atoms with Crippen LogP contribution in [0.1, 0.15) is 44.0 Å². The second-order valence-corrected chi connectivity index (χ2v) is 6.15. The van der Waals surface area contributed by atoms with Crippen molar-refractivity contribution in [2.24, 2.45) is 5.10 Å². The lowest BCUT2D eigenvalue weighted by Gasteiger charge is -2.10. The van der Waals surface area contributed by atoms with Crippen LogP contribution in [0.2, 0.25) is 0 Å². The molecule has 0 saturated heterocycles. The predicted octanol–water partition coefficient (Wildman–Crippen LogP) is 4.50. The molecule has 7 heteroatoms.